The summed E-state index contributed by atoms with van der Waals surface area (Å²) in [6, 6.07) is 0. The maximum atomic E-state index is 6.25. The molecule has 0 N–H and O–H groups in total. The van der Waals surface area contributed by atoms with Crippen molar-refractivity contribution in [1.82, 2.24) is 0 Å². The summed E-state index contributed by atoms with van der Waals surface area (Å²) >= 11 is 0. The average Bonchev–Trinajstić information content (AvgIpc) is 2.31. The van der Waals surface area contributed by atoms with Gasteiger partial charge in [0.25, 0.3) is 0 Å². The van der Waals surface area contributed by atoms with Crippen LogP contribution in [0.2, 0.25) is 0 Å². The second kappa shape index (κ2) is 16.3. The van der Waals surface area contributed by atoms with Gasteiger partial charge in [0, 0.05) is 0 Å². The van der Waals surface area contributed by atoms with Crippen molar-refractivity contribution in [1.29, 1.82) is 5.26 Å². The van der Waals surface area contributed by atoms with Crippen LogP contribution >= 0.6 is 0 Å². The Kier molecular flexibility index (Phi) is 18.7. The third-order valence-electron chi connectivity index (χ3n) is 2.36. The SMILES string of the molecule is CCCC[S+](CCCC)CCCC.[C-]#N. The lowest BCUT2D eigenvalue weighted by molar-refractivity contribution is 0.853. The molecule has 90 valence electrons. The second-order valence-electron chi connectivity index (χ2n) is 3.79. The van der Waals surface area contributed by atoms with E-state index in [4.69, 9.17) is 11.8 Å². The molecule has 0 saturated heterocycles. The lowest BCUT2D eigenvalue weighted by Gasteiger charge is -2.07. The average molecular weight is 229 g/mol. The Balaban J connectivity index is 0. The zero-order chi connectivity index (χ0) is 11.9. The highest BCUT2D eigenvalue weighted by molar-refractivity contribution is 7.96. The van der Waals surface area contributed by atoms with Crippen LogP contribution in [0.4, 0.5) is 0 Å². The van der Waals surface area contributed by atoms with E-state index in [1.54, 1.807) is 0 Å². The van der Waals surface area contributed by atoms with Gasteiger partial charge in [-0.05, 0) is 30.2 Å². The van der Waals surface area contributed by atoms with Crippen molar-refractivity contribution in [3.63, 3.8) is 0 Å². The minimum absolute atomic E-state index is 0.776. The Bertz CT molecular complexity index is 104. The molecule has 0 bridgehead atoms. The minimum Gasteiger partial charge on any atom is -0.512 e. The quantitative estimate of drug-likeness (QED) is 0.431. The number of hydrogen-bond donors (Lipinski definition) is 0. The molecule has 0 aromatic heterocycles. The molecule has 0 aliphatic carbocycles. The summed E-state index contributed by atoms with van der Waals surface area (Å²) in [5, 5.41) is 6.25. The summed E-state index contributed by atoms with van der Waals surface area (Å²) < 4.78 is 0. The standard InChI is InChI=1S/C12H27S.CN/c1-4-7-10-13(11-8-5-2)12-9-6-3;1-2/h4-12H2,1-3H3;/q+1;-1. The van der Waals surface area contributed by atoms with E-state index in [9.17, 15) is 0 Å². The van der Waals surface area contributed by atoms with Gasteiger partial charge in [-0.15, -0.1) is 0 Å². The highest BCUT2D eigenvalue weighted by Gasteiger charge is 2.14. The molecule has 0 heterocycles. The van der Waals surface area contributed by atoms with E-state index in [0.29, 0.717) is 0 Å². The molecule has 2 heteroatoms. The molecule has 0 fully saturated rings. The molecule has 0 rings (SSSR count). The van der Waals surface area contributed by atoms with Gasteiger partial charge in [0.1, 0.15) is 17.3 Å². The van der Waals surface area contributed by atoms with Gasteiger partial charge in [-0.1, -0.05) is 40.0 Å². The third kappa shape index (κ3) is 13.8. The summed E-state index contributed by atoms with van der Waals surface area (Å²) in [6.07, 6.45) is 8.49. The summed E-state index contributed by atoms with van der Waals surface area (Å²) in [4.78, 5) is 0. The molecular formula is C13H27NS. The first kappa shape index (κ1) is 17.2. The van der Waals surface area contributed by atoms with Crippen molar-refractivity contribution >= 4 is 10.9 Å². The summed E-state index contributed by atoms with van der Waals surface area (Å²) in [5.41, 5.74) is 0. The van der Waals surface area contributed by atoms with Crippen LogP contribution < -0.4 is 0 Å². The van der Waals surface area contributed by atoms with Gasteiger partial charge < -0.3 is 11.8 Å². The zero-order valence-electron chi connectivity index (χ0n) is 10.7. The van der Waals surface area contributed by atoms with Crippen molar-refractivity contribution in [3.05, 3.63) is 6.57 Å². The molecule has 0 aromatic carbocycles. The van der Waals surface area contributed by atoms with E-state index in [1.165, 1.54) is 55.8 Å². The Hall–Kier alpha value is -0.160. The van der Waals surface area contributed by atoms with Crippen molar-refractivity contribution < 1.29 is 0 Å². The fraction of sp³-hybridized carbons (Fsp3) is 0.923. The summed E-state index contributed by atoms with van der Waals surface area (Å²) in [7, 11) is 0.776. The van der Waals surface area contributed by atoms with Crippen molar-refractivity contribution in [3.8, 4) is 0 Å². The van der Waals surface area contributed by atoms with Crippen LogP contribution in [0.1, 0.15) is 59.3 Å². The van der Waals surface area contributed by atoms with E-state index >= 15 is 0 Å². The van der Waals surface area contributed by atoms with Crippen molar-refractivity contribution in [2.24, 2.45) is 0 Å². The summed E-state index contributed by atoms with van der Waals surface area (Å²) in [6.45, 7) is 11.7. The summed E-state index contributed by atoms with van der Waals surface area (Å²) in [5.74, 6) is 4.53. The maximum Gasteiger partial charge on any atom is 0.108 e. The Morgan fingerprint density at radius 2 is 1.00 bits per heavy atom. The Morgan fingerprint density at radius 3 is 1.20 bits per heavy atom. The molecule has 0 spiro atoms. The molecule has 0 aliphatic heterocycles. The number of hydrogen-bond acceptors (Lipinski definition) is 1. The monoisotopic (exact) mass is 229 g/mol. The first-order valence-corrected chi connectivity index (χ1v) is 7.94. The molecular weight excluding hydrogens is 202 g/mol. The lowest BCUT2D eigenvalue weighted by Crippen LogP contribution is -2.16. The van der Waals surface area contributed by atoms with Crippen LogP contribution in [0.15, 0.2) is 0 Å². The zero-order valence-corrected chi connectivity index (χ0v) is 11.5. The normalized spacial score (nSPS) is 9.73. The van der Waals surface area contributed by atoms with Gasteiger partial charge in [-0.2, -0.15) is 0 Å². The van der Waals surface area contributed by atoms with E-state index < -0.39 is 0 Å². The molecule has 1 nitrogen and oxygen atoms in total. The molecule has 0 amide bonds. The second-order valence-corrected chi connectivity index (χ2v) is 6.23. The highest BCUT2D eigenvalue weighted by Crippen LogP contribution is 2.08. The molecule has 0 saturated carbocycles. The Morgan fingerprint density at radius 1 is 0.733 bits per heavy atom. The smallest absolute Gasteiger partial charge is 0.108 e. The molecule has 0 aliphatic rings. The predicted octanol–water partition coefficient (Wildman–Crippen LogP) is 4.10. The van der Waals surface area contributed by atoms with Crippen LogP contribution in [0.3, 0.4) is 0 Å². The number of unbranched alkanes of at least 4 members (excludes halogenated alkanes) is 3. The predicted molar refractivity (Wildman–Crippen MR) is 71.7 cm³/mol. The van der Waals surface area contributed by atoms with Crippen molar-refractivity contribution in [2.45, 2.75) is 59.3 Å². The van der Waals surface area contributed by atoms with E-state index in [0.717, 1.165) is 10.9 Å². The van der Waals surface area contributed by atoms with Gasteiger partial charge in [-0.3, -0.25) is 0 Å². The van der Waals surface area contributed by atoms with Crippen LogP contribution in [-0.4, -0.2) is 17.3 Å². The van der Waals surface area contributed by atoms with Gasteiger partial charge in [0.2, 0.25) is 0 Å². The van der Waals surface area contributed by atoms with Crippen molar-refractivity contribution in [2.75, 3.05) is 17.3 Å². The Labute approximate surface area is 99.6 Å². The topological polar surface area (TPSA) is 23.8 Å². The maximum absolute atomic E-state index is 6.25. The van der Waals surface area contributed by atoms with Gasteiger partial charge in [0.05, 0.1) is 0 Å². The fourth-order valence-electron chi connectivity index (χ4n) is 1.35. The van der Waals surface area contributed by atoms with Gasteiger partial charge in [0.15, 0.2) is 0 Å². The molecule has 0 radical (unpaired) electrons. The third-order valence-corrected chi connectivity index (χ3v) is 4.96. The van der Waals surface area contributed by atoms with Gasteiger partial charge >= 0.3 is 0 Å². The first-order valence-electron chi connectivity index (χ1n) is 6.21. The lowest BCUT2D eigenvalue weighted by atomic mass is 10.4. The molecule has 0 unspecified atom stereocenters. The van der Waals surface area contributed by atoms with Crippen LogP contribution in [0.5, 0.6) is 0 Å². The van der Waals surface area contributed by atoms with Crippen LogP contribution in [0.25, 0.3) is 0 Å². The first-order chi connectivity index (χ1) is 7.35. The highest BCUT2D eigenvalue weighted by atomic mass is 32.2. The van der Waals surface area contributed by atoms with Gasteiger partial charge in [-0.25, -0.2) is 0 Å². The molecule has 0 atom stereocenters. The number of nitrogens with zero attached hydrogens (tertiary/aromatic N) is 1. The van der Waals surface area contributed by atoms with Crippen LogP contribution in [-0.2, 0) is 10.9 Å². The largest absolute Gasteiger partial charge is 0.512 e. The van der Waals surface area contributed by atoms with Crippen LogP contribution in [0, 0.1) is 11.8 Å². The fourth-order valence-corrected chi connectivity index (χ4v) is 4.05. The molecule has 0 aromatic rings. The van der Waals surface area contributed by atoms with E-state index in [2.05, 4.69) is 20.8 Å². The minimum atomic E-state index is 0.776. The number of rotatable bonds is 9. The van der Waals surface area contributed by atoms with E-state index in [1.807, 2.05) is 0 Å². The molecule has 15 heavy (non-hydrogen) atoms. The van der Waals surface area contributed by atoms with E-state index in [-0.39, 0.29) is 0 Å².